The van der Waals surface area contributed by atoms with Crippen molar-refractivity contribution in [1.82, 2.24) is 4.98 Å². The Labute approximate surface area is 135 Å². The molecule has 0 radical (unpaired) electrons. The number of para-hydroxylation sites is 1. The van der Waals surface area contributed by atoms with E-state index in [9.17, 15) is 4.79 Å². The van der Waals surface area contributed by atoms with E-state index in [0.717, 1.165) is 4.88 Å². The average Bonchev–Trinajstić information content (AvgIpc) is 3.24. The first-order valence-corrected chi connectivity index (χ1v) is 7.84. The van der Waals surface area contributed by atoms with Gasteiger partial charge >= 0.3 is 0 Å². The lowest BCUT2D eigenvalue weighted by Gasteiger charge is -2.20. The Balaban J connectivity index is 1.51. The van der Waals surface area contributed by atoms with Crippen LogP contribution in [0, 0.1) is 0 Å². The summed E-state index contributed by atoms with van der Waals surface area (Å²) in [7, 11) is 0. The normalized spacial score (nSPS) is 13.1. The zero-order valence-electron chi connectivity index (χ0n) is 11.9. The van der Waals surface area contributed by atoms with E-state index in [-0.39, 0.29) is 19.1 Å². The molecule has 3 aromatic rings. The molecule has 0 saturated heterocycles. The van der Waals surface area contributed by atoms with Crippen LogP contribution in [0.4, 0.5) is 5.69 Å². The van der Waals surface area contributed by atoms with Gasteiger partial charge in [-0.1, -0.05) is 12.1 Å². The molecule has 1 aliphatic rings. The molecule has 2 aromatic heterocycles. The Hall–Kier alpha value is -2.80. The summed E-state index contributed by atoms with van der Waals surface area (Å²) in [5.41, 5.74) is 1.22. The average molecular weight is 328 g/mol. The van der Waals surface area contributed by atoms with Gasteiger partial charge < -0.3 is 19.2 Å². The van der Waals surface area contributed by atoms with E-state index in [0.29, 0.717) is 28.8 Å². The molecule has 23 heavy (non-hydrogen) atoms. The minimum Gasteiger partial charge on any atom is -0.485 e. The number of amides is 1. The lowest BCUT2D eigenvalue weighted by molar-refractivity contribution is -0.118. The number of thiophene rings is 1. The van der Waals surface area contributed by atoms with Crippen LogP contribution in [0.15, 0.2) is 46.4 Å². The molecular formula is C16H12N2O4S. The second-order valence-electron chi connectivity index (χ2n) is 4.88. The van der Waals surface area contributed by atoms with Crippen LogP contribution in [0.5, 0.6) is 11.5 Å². The Bertz CT molecular complexity index is 842. The zero-order chi connectivity index (χ0) is 15.6. The number of hydrogen-bond donors (Lipinski definition) is 1. The van der Waals surface area contributed by atoms with Crippen molar-refractivity contribution in [3.8, 4) is 22.3 Å². The summed E-state index contributed by atoms with van der Waals surface area (Å²) >= 11 is 1.56. The largest absolute Gasteiger partial charge is 0.485 e. The summed E-state index contributed by atoms with van der Waals surface area (Å²) in [6.07, 6.45) is 1.57. The Morgan fingerprint density at radius 3 is 3.13 bits per heavy atom. The molecule has 0 fully saturated rings. The summed E-state index contributed by atoms with van der Waals surface area (Å²) in [5, 5.41) is 4.73. The Morgan fingerprint density at radius 2 is 2.26 bits per heavy atom. The highest BCUT2D eigenvalue weighted by Gasteiger charge is 2.20. The van der Waals surface area contributed by atoms with Crippen LogP contribution in [0.3, 0.4) is 0 Å². The van der Waals surface area contributed by atoms with Crippen molar-refractivity contribution < 1.29 is 18.7 Å². The quantitative estimate of drug-likeness (QED) is 0.795. The number of benzene rings is 1. The SMILES string of the molecule is O=C1COc2cccc(OCc3coc(-c4cccs4)n3)c2N1. The zero-order valence-corrected chi connectivity index (χ0v) is 12.8. The molecular weight excluding hydrogens is 316 g/mol. The van der Waals surface area contributed by atoms with Gasteiger partial charge in [0.1, 0.15) is 35.8 Å². The highest BCUT2D eigenvalue weighted by molar-refractivity contribution is 7.13. The van der Waals surface area contributed by atoms with Gasteiger partial charge in [-0.15, -0.1) is 11.3 Å². The first kappa shape index (κ1) is 13.8. The lowest BCUT2D eigenvalue weighted by atomic mass is 10.2. The molecule has 1 amide bonds. The number of ether oxygens (including phenoxy) is 2. The van der Waals surface area contributed by atoms with Crippen molar-refractivity contribution in [2.75, 3.05) is 11.9 Å². The maximum Gasteiger partial charge on any atom is 0.262 e. The standard InChI is InChI=1S/C16H12N2O4S/c19-14-9-21-12-4-1-3-11(15(12)18-14)20-7-10-8-22-16(17-10)13-5-2-6-23-13/h1-6,8H,7,9H2,(H,18,19). The van der Waals surface area contributed by atoms with E-state index in [2.05, 4.69) is 10.3 Å². The third-order valence-corrected chi connectivity index (χ3v) is 4.13. The van der Waals surface area contributed by atoms with Crippen molar-refractivity contribution in [2.24, 2.45) is 0 Å². The summed E-state index contributed by atoms with van der Waals surface area (Å²) in [5.74, 6) is 1.51. The number of oxazole rings is 1. The lowest BCUT2D eigenvalue weighted by Crippen LogP contribution is -2.25. The van der Waals surface area contributed by atoms with Crippen molar-refractivity contribution >= 4 is 22.9 Å². The number of nitrogens with one attached hydrogen (secondary N) is 1. The predicted molar refractivity (Wildman–Crippen MR) is 84.7 cm³/mol. The fourth-order valence-electron chi connectivity index (χ4n) is 2.23. The molecule has 0 atom stereocenters. The summed E-state index contributed by atoms with van der Waals surface area (Å²) < 4.78 is 16.6. The topological polar surface area (TPSA) is 73.6 Å². The summed E-state index contributed by atoms with van der Waals surface area (Å²) in [4.78, 5) is 16.8. The van der Waals surface area contributed by atoms with Gasteiger partial charge in [0.25, 0.3) is 5.91 Å². The fraction of sp³-hybridized carbons (Fsp3) is 0.125. The monoisotopic (exact) mass is 328 g/mol. The number of carbonyl (C=O) groups is 1. The molecule has 6 nitrogen and oxygen atoms in total. The van der Waals surface area contributed by atoms with Crippen LogP contribution in [0.2, 0.25) is 0 Å². The van der Waals surface area contributed by atoms with Crippen LogP contribution in [-0.2, 0) is 11.4 Å². The first-order chi connectivity index (χ1) is 11.3. The van der Waals surface area contributed by atoms with Crippen molar-refractivity contribution in [3.05, 3.63) is 47.7 Å². The van der Waals surface area contributed by atoms with Crippen LogP contribution in [-0.4, -0.2) is 17.5 Å². The van der Waals surface area contributed by atoms with E-state index >= 15 is 0 Å². The molecule has 0 bridgehead atoms. The van der Waals surface area contributed by atoms with E-state index in [1.54, 1.807) is 29.7 Å². The van der Waals surface area contributed by atoms with Gasteiger partial charge in [-0.2, -0.15) is 0 Å². The van der Waals surface area contributed by atoms with Crippen LogP contribution < -0.4 is 14.8 Å². The van der Waals surface area contributed by atoms with Crippen LogP contribution in [0.25, 0.3) is 10.8 Å². The highest BCUT2D eigenvalue weighted by atomic mass is 32.1. The van der Waals surface area contributed by atoms with E-state index < -0.39 is 0 Å². The van der Waals surface area contributed by atoms with Gasteiger partial charge in [-0.05, 0) is 23.6 Å². The third-order valence-electron chi connectivity index (χ3n) is 3.27. The maximum absolute atomic E-state index is 11.5. The van der Waals surface area contributed by atoms with Gasteiger partial charge in [0, 0.05) is 0 Å². The van der Waals surface area contributed by atoms with Gasteiger partial charge in [-0.25, -0.2) is 4.98 Å². The summed E-state index contributed by atoms with van der Waals surface area (Å²) in [6.45, 7) is 0.255. The highest BCUT2D eigenvalue weighted by Crippen LogP contribution is 2.37. The first-order valence-electron chi connectivity index (χ1n) is 6.96. The molecule has 0 aliphatic carbocycles. The maximum atomic E-state index is 11.5. The number of hydrogen-bond acceptors (Lipinski definition) is 6. The van der Waals surface area contributed by atoms with E-state index in [1.165, 1.54) is 0 Å². The number of rotatable bonds is 4. The number of carbonyl (C=O) groups excluding carboxylic acids is 1. The minimum absolute atomic E-state index is 0.0178. The summed E-state index contributed by atoms with van der Waals surface area (Å²) in [6, 6.07) is 9.26. The number of nitrogens with zero attached hydrogens (tertiary/aromatic N) is 1. The van der Waals surface area contributed by atoms with E-state index in [1.807, 2.05) is 23.6 Å². The molecule has 7 heteroatoms. The fourth-order valence-corrected chi connectivity index (χ4v) is 2.89. The predicted octanol–water partition coefficient (Wildman–Crippen LogP) is 3.31. The molecule has 0 saturated carbocycles. The smallest absolute Gasteiger partial charge is 0.262 e. The number of aromatic nitrogens is 1. The molecule has 0 unspecified atom stereocenters. The molecule has 1 aliphatic heterocycles. The second kappa shape index (κ2) is 5.77. The van der Waals surface area contributed by atoms with Gasteiger partial charge in [0.2, 0.25) is 5.89 Å². The van der Waals surface area contributed by atoms with Gasteiger partial charge in [0.05, 0.1) is 4.88 Å². The molecule has 116 valence electrons. The molecule has 0 spiro atoms. The molecule has 1 N–H and O–H groups in total. The minimum atomic E-state index is -0.199. The van der Waals surface area contributed by atoms with Gasteiger partial charge in [0.15, 0.2) is 6.61 Å². The molecule has 3 heterocycles. The number of fused-ring (bicyclic) bond motifs is 1. The third kappa shape index (κ3) is 2.78. The van der Waals surface area contributed by atoms with Crippen molar-refractivity contribution in [1.29, 1.82) is 0 Å². The van der Waals surface area contributed by atoms with Crippen LogP contribution >= 0.6 is 11.3 Å². The molecule has 1 aromatic carbocycles. The van der Waals surface area contributed by atoms with Gasteiger partial charge in [-0.3, -0.25) is 4.79 Å². The molecule has 4 rings (SSSR count). The number of anilines is 1. The Morgan fingerprint density at radius 1 is 1.30 bits per heavy atom. The van der Waals surface area contributed by atoms with Crippen LogP contribution in [0.1, 0.15) is 5.69 Å². The van der Waals surface area contributed by atoms with Crippen molar-refractivity contribution in [3.63, 3.8) is 0 Å². The van der Waals surface area contributed by atoms with Crippen molar-refractivity contribution in [2.45, 2.75) is 6.61 Å². The second-order valence-corrected chi connectivity index (χ2v) is 5.82. The van der Waals surface area contributed by atoms with E-state index in [4.69, 9.17) is 13.9 Å². The Kier molecular flexibility index (Phi) is 3.47.